The van der Waals surface area contributed by atoms with Gasteiger partial charge in [0.05, 0.1) is 0 Å². The zero-order valence-electron chi connectivity index (χ0n) is 23.3. The van der Waals surface area contributed by atoms with Gasteiger partial charge in [-0.3, -0.25) is 0 Å². The molecule has 0 aromatic heterocycles. The highest BCUT2D eigenvalue weighted by atomic mass is 14.5. The maximum Gasteiger partial charge on any atom is -0.0383 e. The van der Waals surface area contributed by atoms with Gasteiger partial charge in [0.2, 0.25) is 0 Å². The van der Waals surface area contributed by atoms with Crippen LogP contribution in [0.25, 0.3) is 0 Å². The molecule has 0 bridgehead atoms. The van der Waals surface area contributed by atoms with Crippen LogP contribution in [0.3, 0.4) is 0 Å². The molecule has 8 atom stereocenters. The molecule has 0 amide bonds. The third-order valence-electron chi connectivity index (χ3n) is 12.6. The van der Waals surface area contributed by atoms with Gasteiger partial charge < -0.3 is 0 Å². The predicted molar refractivity (Wildman–Crippen MR) is 148 cm³/mol. The first-order chi connectivity index (χ1) is 16.7. The lowest BCUT2D eigenvalue weighted by Crippen LogP contribution is -2.37. The van der Waals surface area contributed by atoms with Gasteiger partial charge in [-0.25, -0.2) is 0 Å². The molecule has 196 valence electrons. The molecule has 0 aliphatic heterocycles. The second-order valence-electron chi connectivity index (χ2n) is 14.5. The van der Waals surface area contributed by atoms with Crippen molar-refractivity contribution in [2.75, 3.05) is 0 Å². The van der Waals surface area contributed by atoms with Gasteiger partial charge in [0.15, 0.2) is 0 Å². The average molecular weight is 469 g/mol. The van der Waals surface area contributed by atoms with Crippen LogP contribution >= 0.6 is 0 Å². The van der Waals surface area contributed by atoms with Gasteiger partial charge in [-0.2, -0.15) is 0 Å². The van der Waals surface area contributed by atoms with Gasteiger partial charge in [0.1, 0.15) is 0 Å². The minimum absolute atomic E-state index is 1.09. The highest BCUT2D eigenvalue weighted by Crippen LogP contribution is 2.53. The first-order valence-electron chi connectivity index (χ1n) is 16.7. The molecule has 0 aromatic carbocycles. The maximum absolute atomic E-state index is 2.39. The highest BCUT2D eigenvalue weighted by Gasteiger charge is 2.41. The molecule has 0 saturated heterocycles. The SMILES string of the molecule is CCCCCC1CCC2CC(C3CCC(C4CCC5CC(CCC)CCC5C4)CC3)CCC2C1. The largest absolute Gasteiger partial charge is 0.0654 e. The van der Waals surface area contributed by atoms with Gasteiger partial charge in [0, 0.05) is 0 Å². The number of fused-ring (bicyclic) bond motifs is 2. The Balaban J connectivity index is 1.03. The summed E-state index contributed by atoms with van der Waals surface area (Å²) >= 11 is 0. The molecule has 8 unspecified atom stereocenters. The second-order valence-corrected chi connectivity index (χ2v) is 14.5. The van der Waals surface area contributed by atoms with Crippen LogP contribution in [0.5, 0.6) is 0 Å². The van der Waals surface area contributed by atoms with Crippen LogP contribution in [0.4, 0.5) is 0 Å². The molecular formula is C34H60. The zero-order valence-corrected chi connectivity index (χ0v) is 23.3. The quantitative estimate of drug-likeness (QED) is 0.311. The van der Waals surface area contributed by atoms with E-state index in [2.05, 4.69) is 13.8 Å². The lowest BCUT2D eigenvalue weighted by molar-refractivity contribution is 0.0347. The van der Waals surface area contributed by atoms with Crippen molar-refractivity contribution >= 4 is 0 Å². The fourth-order valence-corrected chi connectivity index (χ4v) is 10.6. The van der Waals surface area contributed by atoms with Crippen molar-refractivity contribution < 1.29 is 0 Å². The van der Waals surface area contributed by atoms with Gasteiger partial charge in [-0.15, -0.1) is 0 Å². The molecule has 5 aliphatic carbocycles. The monoisotopic (exact) mass is 468 g/mol. The molecule has 5 fully saturated rings. The Bertz CT molecular complexity index is 585. The van der Waals surface area contributed by atoms with E-state index in [0.717, 1.165) is 59.2 Å². The van der Waals surface area contributed by atoms with E-state index in [1.54, 1.807) is 109 Å². The average Bonchev–Trinajstić information content (AvgIpc) is 2.88. The summed E-state index contributed by atoms with van der Waals surface area (Å²) in [6, 6.07) is 0. The second kappa shape index (κ2) is 12.5. The number of rotatable bonds is 8. The van der Waals surface area contributed by atoms with E-state index < -0.39 is 0 Å². The third kappa shape index (κ3) is 6.28. The van der Waals surface area contributed by atoms with E-state index >= 15 is 0 Å². The van der Waals surface area contributed by atoms with E-state index in [4.69, 9.17) is 0 Å². The summed E-state index contributed by atoms with van der Waals surface area (Å²) in [5, 5.41) is 0. The van der Waals surface area contributed by atoms with Gasteiger partial charge in [-0.1, -0.05) is 65.2 Å². The Morgan fingerprint density at radius 2 is 0.735 bits per heavy atom. The molecule has 0 heteroatoms. The molecule has 0 N–H and O–H groups in total. The highest BCUT2D eigenvalue weighted by molar-refractivity contribution is 4.92. The van der Waals surface area contributed by atoms with E-state index in [1.807, 2.05) is 0 Å². The zero-order chi connectivity index (χ0) is 23.3. The lowest BCUT2D eigenvalue weighted by Gasteiger charge is -2.47. The third-order valence-corrected chi connectivity index (χ3v) is 12.6. The Kier molecular flexibility index (Phi) is 9.42. The van der Waals surface area contributed by atoms with Crippen molar-refractivity contribution in [1.82, 2.24) is 0 Å². The van der Waals surface area contributed by atoms with Gasteiger partial charge in [0.25, 0.3) is 0 Å². The van der Waals surface area contributed by atoms with Crippen LogP contribution in [0, 0.1) is 59.2 Å². The molecular weight excluding hydrogens is 408 g/mol. The van der Waals surface area contributed by atoms with Crippen molar-refractivity contribution in [2.45, 2.75) is 155 Å². The predicted octanol–water partition coefficient (Wildman–Crippen LogP) is 10.8. The van der Waals surface area contributed by atoms with Crippen molar-refractivity contribution in [3.63, 3.8) is 0 Å². The maximum atomic E-state index is 2.39. The van der Waals surface area contributed by atoms with Crippen LogP contribution in [0.15, 0.2) is 0 Å². The molecule has 0 radical (unpaired) electrons. The van der Waals surface area contributed by atoms with E-state index in [1.165, 1.54) is 32.1 Å². The van der Waals surface area contributed by atoms with Crippen LogP contribution in [-0.2, 0) is 0 Å². The minimum Gasteiger partial charge on any atom is -0.0654 e. The first kappa shape index (κ1) is 25.6. The molecule has 0 heterocycles. The van der Waals surface area contributed by atoms with Crippen LogP contribution < -0.4 is 0 Å². The number of hydrogen-bond donors (Lipinski definition) is 0. The summed E-state index contributed by atoms with van der Waals surface area (Å²) in [4.78, 5) is 0. The molecule has 0 aromatic rings. The summed E-state index contributed by atoms with van der Waals surface area (Å²) in [5.74, 6) is 11.1. The summed E-state index contributed by atoms with van der Waals surface area (Å²) in [6.07, 6.45) is 34.5. The molecule has 5 saturated carbocycles. The van der Waals surface area contributed by atoms with E-state index in [-0.39, 0.29) is 0 Å². The first-order valence-corrected chi connectivity index (χ1v) is 16.7. The molecule has 5 aliphatic rings. The smallest absolute Gasteiger partial charge is 0.0383 e. The van der Waals surface area contributed by atoms with Crippen molar-refractivity contribution in [3.8, 4) is 0 Å². The van der Waals surface area contributed by atoms with E-state index in [9.17, 15) is 0 Å². The number of hydrogen-bond acceptors (Lipinski definition) is 0. The normalized spacial score (nSPS) is 45.4. The van der Waals surface area contributed by atoms with E-state index in [0.29, 0.717) is 0 Å². The lowest BCUT2D eigenvalue weighted by atomic mass is 9.58. The molecule has 34 heavy (non-hydrogen) atoms. The summed E-state index contributed by atoms with van der Waals surface area (Å²) in [5.41, 5.74) is 0. The summed E-state index contributed by atoms with van der Waals surface area (Å²) < 4.78 is 0. The molecule has 0 spiro atoms. The van der Waals surface area contributed by atoms with Gasteiger partial charge in [-0.05, 0) is 149 Å². The summed E-state index contributed by atoms with van der Waals surface area (Å²) in [7, 11) is 0. The van der Waals surface area contributed by atoms with Crippen molar-refractivity contribution in [3.05, 3.63) is 0 Å². The van der Waals surface area contributed by atoms with Crippen LogP contribution in [-0.4, -0.2) is 0 Å². The molecule has 5 rings (SSSR count). The fourth-order valence-electron chi connectivity index (χ4n) is 10.6. The Morgan fingerprint density at radius 1 is 0.353 bits per heavy atom. The minimum atomic E-state index is 1.09. The standard InChI is InChI=1S/C34H60/c1-3-5-6-8-26-10-12-34-24-32(20-18-30(34)22-26)28-15-13-27(14-16-28)31-19-17-29-21-25(7-4-2)9-11-33(29)23-31/h25-34H,3-24H2,1-2H3. The number of unbranched alkanes of at least 4 members (excludes halogenated alkanes) is 2. The Hall–Kier alpha value is 0. The summed E-state index contributed by atoms with van der Waals surface area (Å²) in [6.45, 7) is 4.75. The van der Waals surface area contributed by atoms with Crippen molar-refractivity contribution in [1.29, 1.82) is 0 Å². The molecule has 0 nitrogen and oxygen atoms in total. The Labute approximate surface area is 214 Å². The van der Waals surface area contributed by atoms with Crippen LogP contribution in [0.2, 0.25) is 0 Å². The van der Waals surface area contributed by atoms with Crippen LogP contribution in [0.1, 0.15) is 155 Å². The Morgan fingerprint density at radius 3 is 1.21 bits per heavy atom. The van der Waals surface area contributed by atoms with Gasteiger partial charge >= 0.3 is 0 Å². The fraction of sp³-hybridized carbons (Fsp3) is 1.00. The van der Waals surface area contributed by atoms with Crippen molar-refractivity contribution in [2.24, 2.45) is 59.2 Å². The topological polar surface area (TPSA) is 0 Å².